The van der Waals surface area contributed by atoms with E-state index in [9.17, 15) is 4.79 Å². The lowest BCUT2D eigenvalue weighted by molar-refractivity contribution is 0.0599. The van der Waals surface area contributed by atoms with Crippen LogP contribution in [0.25, 0.3) is 0 Å². The normalized spacial score (nSPS) is 25.2. The zero-order valence-corrected chi connectivity index (χ0v) is 12.7. The molecule has 1 N–H and O–H groups in total. The lowest BCUT2D eigenvalue weighted by atomic mass is 9.92. The van der Waals surface area contributed by atoms with Crippen LogP contribution in [0.4, 0.5) is 0 Å². The van der Waals surface area contributed by atoms with E-state index in [-0.39, 0.29) is 11.9 Å². The second kappa shape index (κ2) is 6.56. The van der Waals surface area contributed by atoms with E-state index in [1.807, 2.05) is 6.07 Å². The maximum atomic E-state index is 12.4. The number of methoxy groups -OCH3 is 1. The molecule has 0 aromatic carbocycles. The van der Waals surface area contributed by atoms with Crippen molar-refractivity contribution in [1.29, 1.82) is 0 Å². The Hall–Kier alpha value is -1.42. The molecule has 4 heteroatoms. The number of hydrogen-bond acceptors (Lipinski definition) is 3. The standard InChI is InChI=1S/C17H24N2O2/c1-21-15-8-6-14(7-9-15)19-17(20)13-10-12-4-2-3-5-16(12)18-11-13/h10-11,14-15H,2-9H2,1H3,(H,19,20). The van der Waals surface area contributed by atoms with Crippen molar-refractivity contribution in [3.8, 4) is 0 Å². The molecule has 1 aromatic heterocycles. The Kier molecular flexibility index (Phi) is 4.54. The number of nitrogens with one attached hydrogen (secondary N) is 1. The van der Waals surface area contributed by atoms with Gasteiger partial charge in [0.15, 0.2) is 0 Å². The van der Waals surface area contributed by atoms with Crippen molar-refractivity contribution in [3.63, 3.8) is 0 Å². The van der Waals surface area contributed by atoms with Crippen LogP contribution in [0.15, 0.2) is 12.3 Å². The van der Waals surface area contributed by atoms with E-state index < -0.39 is 0 Å². The predicted molar refractivity (Wildman–Crippen MR) is 81.4 cm³/mol. The molecule has 114 valence electrons. The van der Waals surface area contributed by atoms with Gasteiger partial charge in [0.05, 0.1) is 11.7 Å². The fourth-order valence-electron chi connectivity index (χ4n) is 3.42. The van der Waals surface area contributed by atoms with Crippen molar-refractivity contribution in [1.82, 2.24) is 10.3 Å². The van der Waals surface area contributed by atoms with Crippen molar-refractivity contribution in [2.75, 3.05) is 7.11 Å². The fraction of sp³-hybridized carbons (Fsp3) is 0.647. The van der Waals surface area contributed by atoms with Crippen LogP contribution in [-0.2, 0) is 17.6 Å². The Balaban J connectivity index is 1.60. The van der Waals surface area contributed by atoms with Gasteiger partial charge in [0.1, 0.15) is 0 Å². The van der Waals surface area contributed by atoms with E-state index in [0.717, 1.165) is 38.5 Å². The molecule has 0 bridgehead atoms. The molecule has 1 heterocycles. The fourth-order valence-corrected chi connectivity index (χ4v) is 3.42. The quantitative estimate of drug-likeness (QED) is 0.930. The molecule has 0 atom stereocenters. The minimum Gasteiger partial charge on any atom is -0.381 e. The average molecular weight is 288 g/mol. The lowest BCUT2D eigenvalue weighted by Crippen LogP contribution is -2.39. The molecule has 0 radical (unpaired) electrons. The smallest absolute Gasteiger partial charge is 0.253 e. The van der Waals surface area contributed by atoms with Crippen LogP contribution in [0, 0.1) is 0 Å². The number of aromatic nitrogens is 1. The first-order valence-corrected chi connectivity index (χ1v) is 8.07. The van der Waals surface area contributed by atoms with Crippen molar-refractivity contribution >= 4 is 5.91 Å². The van der Waals surface area contributed by atoms with Gasteiger partial charge in [0.2, 0.25) is 0 Å². The van der Waals surface area contributed by atoms with Crippen LogP contribution in [0.2, 0.25) is 0 Å². The summed E-state index contributed by atoms with van der Waals surface area (Å²) in [7, 11) is 1.77. The molecule has 2 aliphatic rings. The van der Waals surface area contributed by atoms with E-state index in [4.69, 9.17) is 4.74 Å². The highest BCUT2D eigenvalue weighted by atomic mass is 16.5. The van der Waals surface area contributed by atoms with Crippen molar-refractivity contribution in [2.24, 2.45) is 0 Å². The molecule has 4 nitrogen and oxygen atoms in total. The zero-order chi connectivity index (χ0) is 14.7. The molecule has 1 aromatic rings. The predicted octanol–water partition coefficient (Wildman–Crippen LogP) is 2.65. The summed E-state index contributed by atoms with van der Waals surface area (Å²) in [5.41, 5.74) is 3.15. The number of fused-ring (bicyclic) bond motifs is 1. The minimum atomic E-state index is 0.0248. The third-order valence-electron chi connectivity index (χ3n) is 4.77. The first-order chi connectivity index (χ1) is 10.3. The summed E-state index contributed by atoms with van der Waals surface area (Å²) < 4.78 is 5.37. The average Bonchev–Trinajstić information content (AvgIpc) is 2.55. The number of carbonyl (C=O) groups excluding carboxylic acids is 1. The molecule has 0 saturated heterocycles. The number of pyridine rings is 1. The van der Waals surface area contributed by atoms with Gasteiger partial charge in [0.25, 0.3) is 5.91 Å². The Bertz CT molecular complexity index is 508. The van der Waals surface area contributed by atoms with Gasteiger partial charge in [-0.25, -0.2) is 0 Å². The first kappa shape index (κ1) is 14.5. The molecule has 3 rings (SSSR count). The maximum absolute atomic E-state index is 12.4. The van der Waals surface area contributed by atoms with Gasteiger partial charge >= 0.3 is 0 Å². The van der Waals surface area contributed by atoms with E-state index >= 15 is 0 Å². The molecule has 1 amide bonds. The zero-order valence-electron chi connectivity index (χ0n) is 12.7. The molecule has 1 fully saturated rings. The Morgan fingerprint density at radius 3 is 2.76 bits per heavy atom. The summed E-state index contributed by atoms with van der Waals surface area (Å²) in [4.78, 5) is 16.8. The summed E-state index contributed by atoms with van der Waals surface area (Å²) in [5.74, 6) is 0.0248. The van der Waals surface area contributed by atoms with Crippen LogP contribution in [-0.4, -0.2) is 30.1 Å². The van der Waals surface area contributed by atoms with Crippen LogP contribution in [0.5, 0.6) is 0 Å². The highest BCUT2D eigenvalue weighted by Crippen LogP contribution is 2.22. The summed E-state index contributed by atoms with van der Waals surface area (Å²) in [6.45, 7) is 0. The number of ether oxygens (including phenoxy) is 1. The highest BCUT2D eigenvalue weighted by molar-refractivity contribution is 5.94. The molecule has 1 saturated carbocycles. The van der Waals surface area contributed by atoms with E-state index in [1.165, 1.54) is 24.1 Å². The third kappa shape index (κ3) is 3.43. The molecule has 2 aliphatic carbocycles. The van der Waals surface area contributed by atoms with Gasteiger partial charge in [0, 0.05) is 25.0 Å². The molecule has 0 spiro atoms. The van der Waals surface area contributed by atoms with Gasteiger partial charge in [-0.15, -0.1) is 0 Å². The molecular formula is C17H24N2O2. The molecule has 0 unspecified atom stereocenters. The number of hydrogen-bond donors (Lipinski definition) is 1. The molecular weight excluding hydrogens is 264 g/mol. The van der Waals surface area contributed by atoms with E-state index in [0.29, 0.717) is 11.7 Å². The Morgan fingerprint density at radius 1 is 1.24 bits per heavy atom. The Morgan fingerprint density at radius 2 is 2.00 bits per heavy atom. The Labute approximate surface area is 126 Å². The number of carbonyl (C=O) groups is 1. The lowest BCUT2D eigenvalue weighted by Gasteiger charge is -2.28. The largest absolute Gasteiger partial charge is 0.381 e. The van der Waals surface area contributed by atoms with Crippen LogP contribution >= 0.6 is 0 Å². The SMILES string of the molecule is COC1CCC(NC(=O)c2cnc3c(c2)CCCC3)CC1. The van der Waals surface area contributed by atoms with Crippen molar-refractivity contribution in [2.45, 2.75) is 63.5 Å². The summed E-state index contributed by atoms with van der Waals surface area (Å²) >= 11 is 0. The number of amides is 1. The molecule has 0 aliphatic heterocycles. The monoisotopic (exact) mass is 288 g/mol. The van der Waals surface area contributed by atoms with Gasteiger partial charge < -0.3 is 10.1 Å². The van der Waals surface area contributed by atoms with Crippen molar-refractivity contribution in [3.05, 3.63) is 29.1 Å². The summed E-state index contributed by atoms with van der Waals surface area (Å²) in [6, 6.07) is 2.32. The van der Waals surface area contributed by atoms with Gasteiger partial charge in [-0.3, -0.25) is 9.78 Å². The summed E-state index contributed by atoms with van der Waals surface area (Å²) in [5, 5.41) is 3.15. The second-order valence-corrected chi connectivity index (χ2v) is 6.22. The number of nitrogens with zero attached hydrogens (tertiary/aromatic N) is 1. The van der Waals surface area contributed by atoms with Crippen molar-refractivity contribution < 1.29 is 9.53 Å². The second-order valence-electron chi connectivity index (χ2n) is 6.22. The third-order valence-corrected chi connectivity index (χ3v) is 4.77. The van der Waals surface area contributed by atoms with Crippen LogP contribution < -0.4 is 5.32 Å². The van der Waals surface area contributed by atoms with Gasteiger partial charge in [-0.1, -0.05) is 0 Å². The van der Waals surface area contributed by atoms with Crippen LogP contribution in [0.3, 0.4) is 0 Å². The van der Waals surface area contributed by atoms with E-state index in [1.54, 1.807) is 13.3 Å². The first-order valence-electron chi connectivity index (χ1n) is 8.07. The molecule has 21 heavy (non-hydrogen) atoms. The topological polar surface area (TPSA) is 51.2 Å². The summed E-state index contributed by atoms with van der Waals surface area (Å²) in [6.07, 6.45) is 10.7. The number of aryl methyl sites for hydroxylation is 2. The highest BCUT2D eigenvalue weighted by Gasteiger charge is 2.23. The van der Waals surface area contributed by atoms with Crippen LogP contribution in [0.1, 0.15) is 60.1 Å². The minimum absolute atomic E-state index is 0.0248. The number of rotatable bonds is 3. The van der Waals surface area contributed by atoms with Gasteiger partial charge in [-0.2, -0.15) is 0 Å². The van der Waals surface area contributed by atoms with Gasteiger partial charge in [-0.05, 0) is 63.0 Å². The van der Waals surface area contributed by atoms with E-state index in [2.05, 4.69) is 10.3 Å². The maximum Gasteiger partial charge on any atom is 0.253 e.